The smallest absolute Gasteiger partial charge is 0.259 e. The average Bonchev–Trinajstić information content (AvgIpc) is 3.02. The van der Waals surface area contributed by atoms with Crippen LogP contribution in [0.4, 0.5) is 5.69 Å². The second-order valence-corrected chi connectivity index (χ2v) is 7.63. The Morgan fingerprint density at radius 3 is 2.54 bits per heavy atom. The maximum absolute atomic E-state index is 13.1. The molecular weight excluding hydrogens is 371 g/mol. The lowest BCUT2D eigenvalue weighted by atomic mass is 9.93. The highest BCUT2D eigenvalue weighted by atomic mass is 35.5. The number of hydrogen-bond donors (Lipinski definition) is 0. The second-order valence-electron chi connectivity index (χ2n) is 6.79. The summed E-state index contributed by atoms with van der Waals surface area (Å²) in [5, 5.41) is 5.31. The molecule has 1 amide bonds. The number of carbonyl (C=O) groups excluding carboxylic acids is 1. The predicted octanol–water partition coefficient (Wildman–Crippen LogP) is 4.68. The summed E-state index contributed by atoms with van der Waals surface area (Å²) < 4.78 is 1.69. The van der Waals surface area contributed by atoms with Crippen molar-refractivity contribution in [1.82, 2.24) is 14.8 Å². The van der Waals surface area contributed by atoms with Crippen LogP contribution in [0.15, 0.2) is 42.9 Å². The number of fused-ring (bicyclic) bond motifs is 1. The van der Waals surface area contributed by atoms with Gasteiger partial charge in [0, 0.05) is 29.4 Å². The van der Waals surface area contributed by atoms with Crippen LogP contribution in [0.5, 0.6) is 0 Å². The van der Waals surface area contributed by atoms with Gasteiger partial charge < -0.3 is 0 Å². The molecular formula is C19H16Cl2N4O. The summed E-state index contributed by atoms with van der Waals surface area (Å²) in [5.74, 6) is -0.0725. The number of halogens is 2. The lowest BCUT2D eigenvalue weighted by molar-refractivity contribution is 0.0982. The molecule has 2 aromatic heterocycles. The van der Waals surface area contributed by atoms with E-state index in [2.05, 4.69) is 10.1 Å². The zero-order valence-electron chi connectivity index (χ0n) is 14.5. The Bertz CT molecular complexity index is 1020. The zero-order valence-corrected chi connectivity index (χ0v) is 16.0. The highest BCUT2D eigenvalue weighted by Crippen LogP contribution is 2.43. The van der Waals surface area contributed by atoms with Gasteiger partial charge in [-0.05, 0) is 43.7 Å². The minimum absolute atomic E-state index is 0.0725. The Morgan fingerprint density at radius 1 is 1.08 bits per heavy atom. The average molecular weight is 387 g/mol. The topological polar surface area (TPSA) is 51.0 Å². The first-order valence-corrected chi connectivity index (χ1v) is 8.84. The first-order valence-electron chi connectivity index (χ1n) is 8.08. The second kappa shape index (κ2) is 5.83. The van der Waals surface area contributed by atoms with Crippen LogP contribution >= 0.6 is 23.2 Å². The molecule has 3 heterocycles. The molecule has 0 atom stereocenters. The molecule has 0 saturated heterocycles. The Balaban J connectivity index is 1.84. The van der Waals surface area contributed by atoms with Gasteiger partial charge in [-0.1, -0.05) is 23.2 Å². The van der Waals surface area contributed by atoms with E-state index >= 15 is 0 Å². The van der Waals surface area contributed by atoms with E-state index in [1.807, 2.05) is 33.0 Å². The van der Waals surface area contributed by atoms with Crippen molar-refractivity contribution < 1.29 is 4.79 Å². The van der Waals surface area contributed by atoms with E-state index in [1.54, 1.807) is 40.3 Å². The van der Waals surface area contributed by atoms with Crippen molar-refractivity contribution in [3.05, 3.63) is 64.0 Å². The van der Waals surface area contributed by atoms with Gasteiger partial charge in [0.1, 0.15) is 0 Å². The maximum Gasteiger partial charge on any atom is 0.259 e. The van der Waals surface area contributed by atoms with Crippen molar-refractivity contribution in [3.8, 4) is 11.3 Å². The number of rotatable bonds is 2. The molecule has 0 radical (unpaired) electrons. The van der Waals surface area contributed by atoms with Crippen molar-refractivity contribution in [2.45, 2.75) is 19.4 Å². The van der Waals surface area contributed by atoms with Gasteiger partial charge in [0.25, 0.3) is 5.91 Å². The number of anilines is 1. The highest BCUT2D eigenvalue weighted by molar-refractivity contribution is 6.33. The third-order valence-electron chi connectivity index (χ3n) is 4.78. The molecule has 7 heteroatoms. The third-order valence-corrected chi connectivity index (χ3v) is 5.29. The first kappa shape index (κ1) is 17.1. The number of benzene rings is 1. The highest BCUT2D eigenvalue weighted by Gasteiger charge is 2.44. The van der Waals surface area contributed by atoms with E-state index in [0.717, 1.165) is 16.8 Å². The molecule has 1 aliphatic rings. The van der Waals surface area contributed by atoms with E-state index < -0.39 is 5.54 Å². The van der Waals surface area contributed by atoms with Crippen LogP contribution < -0.4 is 4.90 Å². The van der Waals surface area contributed by atoms with Crippen LogP contribution in [0.1, 0.15) is 29.8 Å². The van der Waals surface area contributed by atoms with Gasteiger partial charge in [-0.3, -0.25) is 19.4 Å². The summed E-state index contributed by atoms with van der Waals surface area (Å²) in [7, 11) is 1.82. The van der Waals surface area contributed by atoms with E-state index in [-0.39, 0.29) is 5.91 Å². The lowest BCUT2D eigenvalue weighted by Crippen LogP contribution is -2.39. The third kappa shape index (κ3) is 2.42. The van der Waals surface area contributed by atoms with Crippen molar-refractivity contribution >= 4 is 34.8 Å². The van der Waals surface area contributed by atoms with Gasteiger partial charge in [-0.2, -0.15) is 5.10 Å². The van der Waals surface area contributed by atoms with E-state index in [0.29, 0.717) is 21.3 Å². The largest absolute Gasteiger partial charge is 0.297 e. The van der Waals surface area contributed by atoms with Crippen molar-refractivity contribution in [3.63, 3.8) is 0 Å². The Morgan fingerprint density at radius 2 is 1.85 bits per heavy atom. The number of aryl methyl sites for hydroxylation is 1. The fourth-order valence-electron chi connectivity index (χ4n) is 3.56. The van der Waals surface area contributed by atoms with Gasteiger partial charge in [0.05, 0.1) is 34.3 Å². The zero-order chi connectivity index (χ0) is 18.6. The molecule has 0 saturated carbocycles. The van der Waals surface area contributed by atoms with E-state index in [4.69, 9.17) is 23.2 Å². The van der Waals surface area contributed by atoms with Crippen molar-refractivity contribution in [1.29, 1.82) is 0 Å². The standard InChI is InChI=1S/C19H16Cl2N4O/c1-19(2)15-7-12(20)4-5-14(15)18(26)25(19)13-6-11(8-22-9-13)17-16(21)10-23-24(17)3/h4-10H,1-3H3. The SMILES string of the molecule is Cn1ncc(Cl)c1-c1cncc(N2C(=O)c3ccc(Cl)cc3C2(C)C)c1. The van der Waals surface area contributed by atoms with Gasteiger partial charge in [0.15, 0.2) is 0 Å². The fourth-order valence-corrected chi connectivity index (χ4v) is 4.01. The molecule has 0 N–H and O–H groups in total. The van der Waals surface area contributed by atoms with Gasteiger partial charge in [0.2, 0.25) is 0 Å². The summed E-state index contributed by atoms with van der Waals surface area (Å²) in [6, 6.07) is 7.27. The molecule has 0 aliphatic carbocycles. The van der Waals surface area contributed by atoms with Crippen molar-refractivity contribution in [2.24, 2.45) is 7.05 Å². The molecule has 132 valence electrons. The summed E-state index contributed by atoms with van der Waals surface area (Å²) in [6.07, 6.45) is 4.98. The summed E-state index contributed by atoms with van der Waals surface area (Å²) in [6.45, 7) is 3.99. The molecule has 0 spiro atoms. The van der Waals surface area contributed by atoms with E-state index in [1.165, 1.54) is 0 Å². The van der Waals surface area contributed by atoms with Gasteiger partial charge >= 0.3 is 0 Å². The fraction of sp³-hybridized carbons (Fsp3) is 0.211. The Kier molecular flexibility index (Phi) is 3.82. The molecule has 1 aliphatic heterocycles. The number of pyridine rings is 1. The summed E-state index contributed by atoms with van der Waals surface area (Å²) in [4.78, 5) is 19.1. The van der Waals surface area contributed by atoms with Crippen LogP contribution in [-0.2, 0) is 12.6 Å². The van der Waals surface area contributed by atoms with Gasteiger partial charge in [-0.25, -0.2) is 0 Å². The number of nitrogens with zero attached hydrogens (tertiary/aromatic N) is 4. The monoisotopic (exact) mass is 386 g/mol. The molecule has 5 nitrogen and oxygen atoms in total. The first-order chi connectivity index (χ1) is 12.3. The molecule has 0 unspecified atom stereocenters. The molecule has 4 rings (SSSR count). The molecule has 26 heavy (non-hydrogen) atoms. The summed E-state index contributed by atoms with van der Waals surface area (Å²) in [5.41, 5.74) is 3.26. The quantitative estimate of drug-likeness (QED) is 0.641. The van der Waals surface area contributed by atoms with Crippen molar-refractivity contribution in [2.75, 3.05) is 4.90 Å². The molecule has 1 aromatic carbocycles. The number of hydrogen-bond acceptors (Lipinski definition) is 3. The van der Waals surface area contributed by atoms with Crippen LogP contribution in [0, 0.1) is 0 Å². The van der Waals surface area contributed by atoms with Crippen LogP contribution in [-0.4, -0.2) is 20.7 Å². The van der Waals surface area contributed by atoms with Crippen LogP contribution in [0.25, 0.3) is 11.3 Å². The summed E-state index contributed by atoms with van der Waals surface area (Å²) >= 11 is 12.4. The minimum atomic E-state index is -0.548. The normalized spacial score (nSPS) is 15.4. The number of carbonyl (C=O) groups is 1. The number of amides is 1. The predicted molar refractivity (Wildman–Crippen MR) is 103 cm³/mol. The molecule has 0 bridgehead atoms. The maximum atomic E-state index is 13.1. The minimum Gasteiger partial charge on any atom is -0.297 e. The Hall–Kier alpha value is -2.37. The van der Waals surface area contributed by atoms with Crippen LogP contribution in [0.3, 0.4) is 0 Å². The van der Waals surface area contributed by atoms with Gasteiger partial charge in [-0.15, -0.1) is 0 Å². The Labute approximate surface area is 161 Å². The lowest BCUT2D eigenvalue weighted by Gasteiger charge is -2.32. The van der Waals surface area contributed by atoms with Crippen LogP contribution in [0.2, 0.25) is 10.0 Å². The molecule has 0 fully saturated rings. The number of aromatic nitrogens is 3. The van der Waals surface area contributed by atoms with E-state index in [9.17, 15) is 4.79 Å². The molecule has 3 aromatic rings.